The zero-order valence-corrected chi connectivity index (χ0v) is 17.4. The Morgan fingerprint density at radius 1 is 1.10 bits per heavy atom. The lowest BCUT2D eigenvalue weighted by atomic mass is 9.47. The summed E-state index contributed by atoms with van der Waals surface area (Å²) in [5.41, 5.74) is 0.477. The standard InChI is InChI=1S/C23H29NO5/c1-14(25)18-4-5-20(28-3)19(7-18)12-29-21(27)22-8-16-6-17(9-22)11-23(10-16,13-22)24-15(2)26/h4-5,7,16-17H,6,8-13H2,1-3H3,(H,24,26)/t16-,17+,22?,23?. The first-order valence-corrected chi connectivity index (χ1v) is 10.4. The van der Waals surface area contributed by atoms with Crippen LogP contribution in [0.3, 0.4) is 0 Å². The fourth-order valence-electron chi connectivity index (χ4n) is 6.43. The summed E-state index contributed by atoms with van der Waals surface area (Å²) in [7, 11) is 1.56. The van der Waals surface area contributed by atoms with Gasteiger partial charge in [0.2, 0.25) is 5.91 Å². The van der Waals surface area contributed by atoms with Gasteiger partial charge in [-0.05, 0) is 75.5 Å². The minimum atomic E-state index is -0.516. The van der Waals surface area contributed by atoms with Gasteiger partial charge in [-0.15, -0.1) is 0 Å². The average Bonchev–Trinajstić information content (AvgIpc) is 2.63. The number of carbonyl (C=O) groups excluding carboxylic acids is 3. The van der Waals surface area contributed by atoms with Gasteiger partial charge in [-0.1, -0.05) is 0 Å². The van der Waals surface area contributed by atoms with Gasteiger partial charge >= 0.3 is 5.97 Å². The molecule has 0 heterocycles. The van der Waals surface area contributed by atoms with Crippen LogP contribution in [0.4, 0.5) is 0 Å². The molecule has 4 bridgehead atoms. The van der Waals surface area contributed by atoms with Crippen molar-refractivity contribution in [1.29, 1.82) is 0 Å². The highest BCUT2D eigenvalue weighted by Gasteiger charge is 2.61. The molecule has 4 saturated carbocycles. The molecule has 1 aromatic rings. The van der Waals surface area contributed by atoms with Gasteiger partial charge in [0.25, 0.3) is 0 Å². The minimum absolute atomic E-state index is 0.0266. The minimum Gasteiger partial charge on any atom is -0.496 e. The van der Waals surface area contributed by atoms with Crippen LogP contribution < -0.4 is 10.1 Å². The summed E-state index contributed by atoms with van der Waals surface area (Å²) in [5.74, 6) is 1.27. The zero-order valence-electron chi connectivity index (χ0n) is 17.4. The van der Waals surface area contributed by atoms with E-state index in [1.54, 1.807) is 32.2 Å². The first kappa shape index (κ1) is 19.9. The largest absolute Gasteiger partial charge is 0.496 e. The second kappa shape index (κ2) is 7.15. The molecule has 1 amide bonds. The van der Waals surface area contributed by atoms with Crippen LogP contribution in [0.5, 0.6) is 5.75 Å². The van der Waals surface area contributed by atoms with Crippen LogP contribution in [0, 0.1) is 17.3 Å². The maximum absolute atomic E-state index is 13.3. The van der Waals surface area contributed by atoms with Crippen molar-refractivity contribution >= 4 is 17.7 Å². The number of ether oxygens (including phenoxy) is 2. The van der Waals surface area contributed by atoms with Crippen molar-refractivity contribution in [2.75, 3.05) is 7.11 Å². The molecule has 29 heavy (non-hydrogen) atoms. The van der Waals surface area contributed by atoms with Crippen molar-refractivity contribution in [3.8, 4) is 5.75 Å². The van der Waals surface area contributed by atoms with E-state index < -0.39 is 5.41 Å². The number of esters is 1. The molecule has 4 aliphatic rings. The van der Waals surface area contributed by atoms with Crippen LogP contribution in [0.2, 0.25) is 0 Å². The summed E-state index contributed by atoms with van der Waals surface area (Å²) in [4.78, 5) is 36.8. The van der Waals surface area contributed by atoms with Crippen LogP contribution in [0.25, 0.3) is 0 Å². The van der Waals surface area contributed by atoms with Gasteiger partial charge in [-0.3, -0.25) is 14.4 Å². The maximum atomic E-state index is 13.3. The summed E-state index contributed by atoms with van der Waals surface area (Å²) in [6, 6.07) is 5.17. The van der Waals surface area contributed by atoms with Crippen molar-refractivity contribution in [2.45, 2.75) is 64.5 Å². The molecule has 1 aromatic carbocycles. The number of hydrogen-bond acceptors (Lipinski definition) is 5. The van der Waals surface area contributed by atoms with Crippen LogP contribution in [-0.4, -0.2) is 30.3 Å². The van der Waals surface area contributed by atoms with Gasteiger partial charge < -0.3 is 14.8 Å². The molecule has 6 nitrogen and oxygen atoms in total. The van der Waals surface area contributed by atoms with E-state index in [0.29, 0.717) is 35.1 Å². The van der Waals surface area contributed by atoms with Crippen LogP contribution in [0.1, 0.15) is 68.3 Å². The summed E-state index contributed by atoms with van der Waals surface area (Å²) in [6.45, 7) is 3.14. The predicted octanol–water partition coefficient (Wildman–Crippen LogP) is 3.42. The number of nitrogens with one attached hydrogen (secondary N) is 1. The highest BCUT2D eigenvalue weighted by Crippen LogP contribution is 2.62. The molecule has 0 saturated heterocycles. The fourth-order valence-corrected chi connectivity index (χ4v) is 6.43. The Morgan fingerprint density at radius 2 is 1.79 bits per heavy atom. The molecule has 4 aliphatic carbocycles. The number of hydrogen-bond donors (Lipinski definition) is 1. The SMILES string of the molecule is COc1ccc(C(C)=O)cc1COC(=O)C12C[C@@H]3C[C@@H](CC(NC(C)=O)(C3)C1)C2. The van der Waals surface area contributed by atoms with Crippen molar-refractivity contribution in [2.24, 2.45) is 17.3 Å². The van der Waals surface area contributed by atoms with Gasteiger partial charge in [0.05, 0.1) is 12.5 Å². The Kier molecular flexibility index (Phi) is 4.91. The Hall–Kier alpha value is -2.37. The predicted molar refractivity (Wildman–Crippen MR) is 106 cm³/mol. The third-order valence-corrected chi connectivity index (χ3v) is 6.98. The Morgan fingerprint density at radius 3 is 2.38 bits per heavy atom. The van der Waals surface area contributed by atoms with E-state index in [9.17, 15) is 14.4 Å². The van der Waals surface area contributed by atoms with Crippen molar-refractivity contribution < 1.29 is 23.9 Å². The molecule has 0 radical (unpaired) electrons. The third kappa shape index (κ3) is 3.65. The molecule has 6 heteroatoms. The highest BCUT2D eigenvalue weighted by atomic mass is 16.5. The Balaban J connectivity index is 1.52. The van der Waals surface area contributed by atoms with E-state index in [-0.39, 0.29) is 29.8 Å². The quantitative estimate of drug-likeness (QED) is 0.586. The topological polar surface area (TPSA) is 81.7 Å². The normalized spacial score (nSPS) is 32.0. The molecule has 0 spiro atoms. The van der Waals surface area contributed by atoms with E-state index in [2.05, 4.69) is 5.32 Å². The second-order valence-electron chi connectivity index (χ2n) is 9.36. The molecular formula is C23H29NO5. The fraction of sp³-hybridized carbons (Fsp3) is 0.609. The summed E-state index contributed by atoms with van der Waals surface area (Å²) >= 11 is 0. The van der Waals surface area contributed by atoms with E-state index in [4.69, 9.17) is 9.47 Å². The van der Waals surface area contributed by atoms with Crippen molar-refractivity contribution in [1.82, 2.24) is 5.32 Å². The number of carbonyl (C=O) groups is 3. The molecule has 4 fully saturated rings. The molecule has 5 rings (SSSR count). The highest BCUT2D eigenvalue weighted by molar-refractivity contribution is 5.94. The number of ketones is 1. The maximum Gasteiger partial charge on any atom is 0.312 e. The van der Waals surface area contributed by atoms with Crippen LogP contribution in [-0.2, 0) is 20.9 Å². The zero-order chi connectivity index (χ0) is 20.8. The number of amides is 1. The molecule has 156 valence electrons. The molecular weight excluding hydrogens is 370 g/mol. The van der Waals surface area contributed by atoms with E-state index in [0.717, 1.165) is 32.1 Å². The Labute approximate surface area is 171 Å². The van der Waals surface area contributed by atoms with Crippen LogP contribution >= 0.6 is 0 Å². The lowest BCUT2D eigenvalue weighted by Gasteiger charge is -2.60. The first-order chi connectivity index (χ1) is 13.7. The van der Waals surface area contributed by atoms with Crippen molar-refractivity contribution in [3.63, 3.8) is 0 Å². The first-order valence-electron chi connectivity index (χ1n) is 10.4. The van der Waals surface area contributed by atoms with Crippen molar-refractivity contribution in [3.05, 3.63) is 29.3 Å². The summed E-state index contributed by atoms with van der Waals surface area (Å²) < 4.78 is 11.2. The number of Topliss-reactive ketones (excluding diaryl/α,β-unsaturated/α-hetero) is 1. The van der Waals surface area contributed by atoms with Crippen LogP contribution in [0.15, 0.2) is 18.2 Å². The lowest BCUT2D eigenvalue weighted by Crippen LogP contribution is -2.64. The van der Waals surface area contributed by atoms with Gasteiger partial charge in [0.15, 0.2) is 5.78 Å². The molecule has 2 unspecified atom stereocenters. The number of benzene rings is 1. The number of methoxy groups -OCH3 is 1. The van der Waals surface area contributed by atoms with Gasteiger partial charge in [0, 0.05) is 23.6 Å². The van der Waals surface area contributed by atoms with Gasteiger partial charge in [-0.25, -0.2) is 0 Å². The summed E-state index contributed by atoms with van der Waals surface area (Å²) in [6.07, 6.45) is 5.42. The lowest BCUT2D eigenvalue weighted by molar-refractivity contribution is -0.177. The molecule has 0 aliphatic heterocycles. The Bertz CT molecular complexity index is 847. The van der Waals surface area contributed by atoms with Gasteiger partial charge in [-0.2, -0.15) is 0 Å². The summed E-state index contributed by atoms with van der Waals surface area (Å²) in [5, 5.41) is 3.17. The average molecular weight is 399 g/mol. The van der Waals surface area contributed by atoms with E-state index in [1.165, 1.54) is 6.92 Å². The third-order valence-electron chi connectivity index (χ3n) is 6.98. The monoisotopic (exact) mass is 399 g/mol. The van der Waals surface area contributed by atoms with Gasteiger partial charge in [0.1, 0.15) is 12.4 Å². The van der Waals surface area contributed by atoms with E-state index >= 15 is 0 Å². The molecule has 4 atom stereocenters. The molecule has 0 aromatic heterocycles. The van der Waals surface area contributed by atoms with E-state index in [1.807, 2.05) is 0 Å². The number of rotatable bonds is 6. The molecule has 1 N–H and O–H groups in total. The second-order valence-corrected chi connectivity index (χ2v) is 9.36. The smallest absolute Gasteiger partial charge is 0.312 e.